The van der Waals surface area contributed by atoms with Crippen molar-refractivity contribution in [1.29, 1.82) is 0 Å². The molecule has 0 spiro atoms. The number of rotatable bonds is 6. The van der Waals surface area contributed by atoms with Crippen molar-refractivity contribution in [2.24, 2.45) is 17.3 Å². The molecule has 0 fully saturated rings. The van der Waals surface area contributed by atoms with Crippen LogP contribution in [0.3, 0.4) is 0 Å². The Morgan fingerprint density at radius 1 is 0.685 bits per heavy atom. The third-order valence-corrected chi connectivity index (χ3v) is 12.5. The van der Waals surface area contributed by atoms with Crippen LogP contribution in [-0.4, -0.2) is 9.55 Å². The molecule has 264 valence electrons. The topological polar surface area (TPSA) is 21.1 Å². The first kappa shape index (κ1) is 32.7. The van der Waals surface area contributed by atoms with Crippen molar-refractivity contribution in [3.63, 3.8) is 0 Å². The SMILES string of the molecule is CC1CCC2=C(C1)C(C)(C)C1=CC(N(c3ccc(-c4ccc5c(c4)c4ccccc4n5-c4ccccc4)cc3)c3cccc(-c4cccnc4)c3)=CCC12. The minimum absolute atomic E-state index is 0.0869. The maximum Gasteiger partial charge on any atom is 0.0541 e. The number of aromatic nitrogens is 2. The lowest BCUT2D eigenvalue weighted by atomic mass is 9.74. The fraction of sp³-hybridized carbons (Fsp3) is 0.196. The number of fused-ring (bicyclic) bond motifs is 5. The predicted molar refractivity (Wildman–Crippen MR) is 226 cm³/mol. The zero-order valence-electron chi connectivity index (χ0n) is 31.3. The molecular formula is C51H45N3. The number of para-hydroxylation sites is 2. The van der Waals surface area contributed by atoms with Crippen LogP contribution in [-0.2, 0) is 0 Å². The second-order valence-electron chi connectivity index (χ2n) is 16.1. The van der Waals surface area contributed by atoms with Gasteiger partial charge in [0.25, 0.3) is 0 Å². The van der Waals surface area contributed by atoms with Crippen LogP contribution in [0.1, 0.15) is 46.5 Å². The van der Waals surface area contributed by atoms with Crippen LogP contribution in [0.4, 0.5) is 11.4 Å². The molecule has 2 unspecified atom stereocenters. The zero-order valence-corrected chi connectivity index (χ0v) is 31.3. The minimum atomic E-state index is 0.0869. The van der Waals surface area contributed by atoms with Crippen molar-refractivity contribution in [2.75, 3.05) is 4.90 Å². The Bertz CT molecular complexity index is 2640. The van der Waals surface area contributed by atoms with Gasteiger partial charge in [0.1, 0.15) is 0 Å². The molecule has 3 nitrogen and oxygen atoms in total. The molecule has 54 heavy (non-hydrogen) atoms. The van der Waals surface area contributed by atoms with E-state index in [1.165, 1.54) is 69.1 Å². The molecule has 0 aliphatic heterocycles. The summed E-state index contributed by atoms with van der Waals surface area (Å²) in [6.07, 6.45) is 13.7. The molecule has 0 saturated carbocycles. The van der Waals surface area contributed by atoms with E-state index in [4.69, 9.17) is 0 Å². The number of hydrogen-bond acceptors (Lipinski definition) is 2. The third kappa shape index (κ3) is 5.37. The molecule has 0 saturated heterocycles. The lowest BCUT2D eigenvalue weighted by Gasteiger charge is -2.34. The van der Waals surface area contributed by atoms with E-state index in [0.29, 0.717) is 5.92 Å². The number of allylic oxidation sites excluding steroid dienone is 5. The minimum Gasteiger partial charge on any atom is -0.311 e. The van der Waals surface area contributed by atoms with Gasteiger partial charge in [0.05, 0.1) is 11.0 Å². The molecule has 7 aromatic rings. The summed E-state index contributed by atoms with van der Waals surface area (Å²) < 4.78 is 2.38. The van der Waals surface area contributed by atoms with Crippen LogP contribution in [0.15, 0.2) is 180 Å². The number of nitrogens with zero attached hydrogens (tertiary/aromatic N) is 3. The molecule has 3 heteroatoms. The fourth-order valence-corrected chi connectivity index (χ4v) is 9.75. The molecule has 3 aliphatic rings. The highest BCUT2D eigenvalue weighted by Gasteiger charge is 2.45. The average molecular weight is 700 g/mol. The van der Waals surface area contributed by atoms with Crippen molar-refractivity contribution in [2.45, 2.75) is 46.5 Å². The van der Waals surface area contributed by atoms with Crippen molar-refractivity contribution in [1.82, 2.24) is 9.55 Å². The van der Waals surface area contributed by atoms with Gasteiger partial charge in [-0.15, -0.1) is 0 Å². The van der Waals surface area contributed by atoms with Crippen LogP contribution >= 0.6 is 0 Å². The molecule has 2 heterocycles. The smallest absolute Gasteiger partial charge is 0.0541 e. The molecule has 5 aromatic carbocycles. The van der Waals surface area contributed by atoms with Gasteiger partial charge in [-0.25, -0.2) is 0 Å². The average Bonchev–Trinajstić information content (AvgIpc) is 3.66. The fourth-order valence-electron chi connectivity index (χ4n) is 9.75. The van der Waals surface area contributed by atoms with Crippen molar-refractivity contribution in [3.05, 3.63) is 180 Å². The van der Waals surface area contributed by atoms with Gasteiger partial charge in [-0.3, -0.25) is 4.98 Å². The van der Waals surface area contributed by atoms with E-state index >= 15 is 0 Å². The van der Waals surface area contributed by atoms with Crippen LogP contribution in [0.2, 0.25) is 0 Å². The van der Waals surface area contributed by atoms with Gasteiger partial charge in [-0.05, 0) is 115 Å². The highest BCUT2D eigenvalue weighted by atomic mass is 15.1. The first-order valence-corrected chi connectivity index (χ1v) is 19.6. The standard InChI is InChI=1S/C51H45N3/c1-34-18-25-43-44-26-24-42(32-48(44)51(2,3)47(43)29-34)53(41-15-9-11-36(30-41)38-12-10-28-52-33-38)40-22-19-35(20-23-40)37-21-27-50-46(31-37)45-16-7-8-17-49(45)54(50)39-13-5-4-6-14-39/h4-17,19-24,27-28,30-34,44H,18,25-26,29H2,1-3H3. The Morgan fingerprint density at radius 2 is 1.44 bits per heavy atom. The van der Waals surface area contributed by atoms with Gasteiger partial charge >= 0.3 is 0 Å². The Balaban J connectivity index is 1.06. The largest absolute Gasteiger partial charge is 0.311 e. The number of hydrogen-bond donors (Lipinski definition) is 0. The Morgan fingerprint density at radius 3 is 2.28 bits per heavy atom. The van der Waals surface area contributed by atoms with Gasteiger partial charge < -0.3 is 9.47 Å². The summed E-state index contributed by atoms with van der Waals surface area (Å²) in [7, 11) is 0. The Kier molecular flexibility index (Phi) is 7.80. The molecule has 0 N–H and O–H groups in total. The van der Waals surface area contributed by atoms with Crippen LogP contribution in [0, 0.1) is 17.3 Å². The van der Waals surface area contributed by atoms with E-state index in [1.54, 1.807) is 16.7 Å². The van der Waals surface area contributed by atoms with E-state index in [-0.39, 0.29) is 5.41 Å². The first-order chi connectivity index (χ1) is 26.4. The second-order valence-corrected chi connectivity index (χ2v) is 16.1. The summed E-state index contributed by atoms with van der Waals surface area (Å²) in [6, 6.07) is 48.7. The normalized spacial score (nSPS) is 19.0. The van der Waals surface area contributed by atoms with Crippen LogP contribution < -0.4 is 4.90 Å². The van der Waals surface area contributed by atoms with Gasteiger partial charge in [0.2, 0.25) is 0 Å². The molecular weight excluding hydrogens is 655 g/mol. The summed E-state index contributed by atoms with van der Waals surface area (Å²) in [5, 5.41) is 2.54. The molecule has 0 amide bonds. The molecule has 3 aliphatic carbocycles. The first-order valence-electron chi connectivity index (χ1n) is 19.6. The van der Waals surface area contributed by atoms with Gasteiger partial charge in [-0.2, -0.15) is 0 Å². The summed E-state index contributed by atoms with van der Waals surface area (Å²) >= 11 is 0. The molecule has 2 atom stereocenters. The van der Waals surface area contributed by atoms with E-state index in [2.05, 4.69) is 175 Å². The van der Waals surface area contributed by atoms with Crippen LogP contribution in [0.5, 0.6) is 0 Å². The number of pyridine rings is 1. The summed E-state index contributed by atoms with van der Waals surface area (Å²) in [5.41, 5.74) is 17.0. The molecule has 0 bridgehead atoms. The summed E-state index contributed by atoms with van der Waals surface area (Å²) in [4.78, 5) is 6.90. The van der Waals surface area contributed by atoms with Crippen molar-refractivity contribution >= 4 is 33.2 Å². The quantitative estimate of drug-likeness (QED) is 0.161. The lowest BCUT2D eigenvalue weighted by Crippen LogP contribution is -2.23. The highest BCUT2D eigenvalue weighted by Crippen LogP contribution is 2.58. The van der Waals surface area contributed by atoms with Gasteiger partial charge in [0, 0.05) is 62.8 Å². The molecule has 0 radical (unpaired) electrons. The van der Waals surface area contributed by atoms with Crippen LogP contribution in [0.25, 0.3) is 49.7 Å². The predicted octanol–water partition coefficient (Wildman–Crippen LogP) is 13.6. The van der Waals surface area contributed by atoms with E-state index < -0.39 is 0 Å². The second kappa shape index (κ2) is 12.9. The zero-order chi connectivity index (χ0) is 36.4. The molecule has 10 rings (SSSR count). The van der Waals surface area contributed by atoms with Gasteiger partial charge in [-0.1, -0.05) is 116 Å². The highest BCUT2D eigenvalue weighted by molar-refractivity contribution is 6.10. The maximum absolute atomic E-state index is 4.43. The van der Waals surface area contributed by atoms with Crippen molar-refractivity contribution < 1.29 is 0 Å². The van der Waals surface area contributed by atoms with E-state index in [0.717, 1.165) is 29.3 Å². The van der Waals surface area contributed by atoms with Gasteiger partial charge in [0.15, 0.2) is 0 Å². The Labute approximate surface area is 318 Å². The van der Waals surface area contributed by atoms with E-state index in [1.807, 2.05) is 18.5 Å². The third-order valence-electron chi connectivity index (χ3n) is 12.5. The summed E-state index contributed by atoms with van der Waals surface area (Å²) in [5.74, 6) is 1.31. The van der Waals surface area contributed by atoms with E-state index in [9.17, 15) is 0 Å². The van der Waals surface area contributed by atoms with Crippen molar-refractivity contribution in [3.8, 4) is 27.9 Å². The number of benzene rings is 5. The molecule has 2 aromatic heterocycles. The maximum atomic E-state index is 4.43. The summed E-state index contributed by atoms with van der Waals surface area (Å²) in [6.45, 7) is 7.39. The number of anilines is 2. The monoisotopic (exact) mass is 699 g/mol. The Hall–Kier alpha value is -5.93. The lowest BCUT2D eigenvalue weighted by molar-refractivity contribution is 0.438.